The second kappa shape index (κ2) is 12.1. The van der Waals surface area contributed by atoms with E-state index in [4.69, 9.17) is 17.0 Å². The van der Waals surface area contributed by atoms with Crippen molar-refractivity contribution in [1.82, 2.24) is 4.90 Å². The number of anilines is 1. The molecular weight excluding hydrogens is 492 g/mol. The van der Waals surface area contributed by atoms with Gasteiger partial charge in [0, 0.05) is 36.6 Å². The van der Waals surface area contributed by atoms with Crippen LogP contribution in [0.3, 0.4) is 0 Å². The lowest BCUT2D eigenvalue weighted by Crippen LogP contribution is -2.35. The van der Waals surface area contributed by atoms with Gasteiger partial charge in [-0.3, -0.25) is 4.79 Å². The van der Waals surface area contributed by atoms with Crippen LogP contribution < -0.4 is 10.1 Å². The summed E-state index contributed by atoms with van der Waals surface area (Å²) in [4.78, 5) is 26.8. The number of rotatable bonds is 9. The Morgan fingerprint density at radius 1 is 1.06 bits per heavy atom. The first-order valence-corrected chi connectivity index (χ1v) is 13.2. The second-order valence-electron chi connectivity index (χ2n) is 8.61. The Bertz CT molecular complexity index is 1230. The van der Waals surface area contributed by atoms with Crippen LogP contribution in [0.5, 0.6) is 11.5 Å². The predicted octanol–water partition coefficient (Wildman–Crippen LogP) is 6.26. The third kappa shape index (κ3) is 6.86. The Labute approximate surface area is 220 Å². The van der Waals surface area contributed by atoms with Crippen molar-refractivity contribution in [3.63, 3.8) is 0 Å². The molecule has 3 aromatic rings. The summed E-state index contributed by atoms with van der Waals surface area (Å²) in [6.07, 6.45) is 2.63. The number of amides is 1. The molecule has 0 saturated carbocycles. The molecule has 1 aliphatic rings. The van der Waals surface area contributed by atoms with Gasteiger partial charge in [0.1, 0.15) is 11.5 Å². The molecule has 1 amide bonds. The van der Waals surface area contributed by atoms with E-state index >= 15 is 0 Å². The highest BCUT2D eigenvalue weighted by Gasteiger charge is 2.26. The van der Waals surface area contributed by atoms with E-state index in [0.29, 0.717) is 23.1 Å². The quantitative estimate of drug-likeness (QED) is 0.255. The zero-order chi connectivity index (χ0) is 25.5. The van der Waals surface area contributed by atoms with Crippen LogP contribution in [-0.2, 0) is 11.2 Å². The maximum atomic E-state index is 11.7. The number of aromatic carboxylic acids is 1. The number of carbonyl (C=O) groups excluding carboxylic acids is 1. The van der Waals surface area contributed by atoms with Crippen molar-refractivity contribution in [2.75, 3.05) is 17.6 Å². The van der Waals surface area contributed by atoms with Gasteiger partial charge < -0.3 is 20.1 Å². The maximum Gasteiger partial charge on any atom is 0.337 e. The minimum absolute atomic E-state index is 0.162. The van der Waals surface area contributed by atoms with Gasteiger partial charge in [-0.25, -0.2) is 4.79 Å². The number of para-hydroxylation sites is 1. The number of hydrogen-bond acceptors (Lipinski definition) is 5. The zero-order valence-corrected chi connectivity index (χ0v) is 21.6. The van der Waals surface area contributed by atoms with E-state index in [9.17, 15) is 14.7 Å². The summed E-state index contributed by atoms with van der Waals surface area (Å²) in [5.74, 6) is 1.54. The van der Waals surface area contributed by atoms with Gasteiger partial charge in [-0.1, -0.05) is 36.5 Å². The molecule has 0 aliphatic carbocycles. The van der Waals surface area contributed by atoms with E-state index in [1.807, 2.05) is 53.4 Å². The number of carboxylic acids is 1. The number of nitrogens with zero attached hydrogens (tertiary/aromatic N) is 1. The molecule has 0 radical (unpaired) electrons. The molecule has 0 aromatic heterocycles. The summed E-state index contributed by atoms with van der Waals surface area (Å²) in [5.41, 5.74) is 1.66. The standard InChI is InChI=1S/C28H28N2O4S2/c1-19(31)30-16-4-5-21(30)18-36-24-14-12-23(13-15-24)34-22-10-8-20(9-11-22)17-27(35)29-26-7-3-2-6-25(26)28(32)33/h2-3,6-15,21H,4-5,16-18H2,1H3,(H,29,35)(H,32,33)/t21-/m0/s1. The van der Waals surface area contributed by atoms with Gasteiger partial charge in [-0.2, -0.15) is 0 Å². The molecule has 1 heterocycles. The first kappa shape index (κ1) is 25.7. The molecule has 1 aliphatic heterocycles. The third-order valence-electron chi connectivity index (χ3n) is 6.00. The topological polar surface area (TPSA) is 78.9 Å². The van der Waals surface area contributed by atoms with Crippen molar-refractivity contribution >= 4 is 46.5 Å². The molecule has 1 saturated heterocycles. The van der Waals surface area contributed by atoms with Crippen LogP contribution in [0.15, 0.2) is 77.7 Å². The summed E-state index contributed by atoms with van der Waals surface area (Å²) in [6, 6.07) is 22.7. The number of thioether (sulfide) groups is 1. The summed E-state index contributed by atoms with van der Waals surface area (Å²) in [5, 5.41) is 12.4. The van der Waals surface area contributed by atoms with Gasteiger partial charge >= 0.3 is 5.97 Å². The lowest BCUT2D eigenvalue weighted by Gasteiger charge is -2.22. The van der Waals surface area contributed by atoms with Crippen molar-refractivity contribution < 1.29 is 19.4 Å². The highest BCUT2D eigenvalue weighted by Crippen LogP contribution is 2.29. The molecule has 186 valence electrons. The fourth-order valence-electron chi connectivity index (χ4n) is 4.19. The number of carbonyl (C=O) groups is 2. The lowest BCUT2D eigenvalue weighted by atomic mass is 10.1. The molecule has 36 heavy (non-hydrogen) atoms. The van der Waals surface area contributed by atoms with Crippen molar-refractivity contribution in [3.8, 4) is 11.5 Å². The number of thiocarbonyl (C=S) groups is 1. The first-order valence-electron chi connectivity index (χ1n) is 11.8. The SMILES string of the molecule is CC(=O)N1CCC[C@H]1CSc1ccc(Oc2ccc(CC(=S)Nc3ccccc3C(=O)O)cc2)cc1. The Morgan fingerprint density at radius 3 is 2.39 bits per heavy atom. The minimum atomic E-state index is -0.998. The Morgan fingerprint density at radius 2 is 1.72 bits per heavy atom. The number of ether oxygens (including phenoxy) is 1. The predicted molar refractivity (Wildman–Crippen MR) is 147 cm³/mol. The lowest BCUT2D eigenvalue weighted by molar-refractivity contribution is -0.129. The van der Waals surface area contributed by atoms with E-state index in [1.54, 1.807) is 43.0 Å². The highest BCUT2D eigenvalue weighted by atomic mass is 32.2. The van der Waals surface area contributed by atoms with Crippen LogP contribution >= 0.6 is 24.0 Å². The average Bonchev–Trinajstić information content (AvgIpc) is 3.34. The third-order valence-corrected chi connectivity index (χ3v) is 7.41. The number of benzene rings is 3. The van der Waals surface area contributed by atoms with E-state index < -0.39 is 5.97 Å². The van der Waals surface area contributed by atoms with Gasteiger partial charge in [0.15, 0.2) is 0 Å². The Hall–Kier alpha value is -3.36. The zero-order valence-electron chi connectivity index (χ0n) is 20.0. The summed E-state index contributed by atoms with van der Waals surface area (Å²) in [7, 11) is 0. The molecule has 1 atom stereocenters. The molecule has 3 aromatic carbocycles. The molecule has 0 unspecified atom stereocenters. The van der Waals surface area contributed by atoms with Gasteiger partial charge in [0.2, 0.25) is 5.91 Å². The van der Waals surface area contributed by atoms with Crippen LogP contribution in [0, 0.1) is 0 Å². The van der Waals surface area contributed by atoms with E-state index in [2.05, 4.69) is 5.32 Å². The van der Waals surface area contributed by atoms with Crippen LogP contribution in [0.2, 0.25) is 0 Å². The van der Waals surface area contributed by atoms with Gasteiger partial charge in [-0.15, -0.1) is 11.8 Å². The summed E-state index contributed by atoms with van der Waals surface area (Å²) < 4.78 is 5.98. The molecule has 6 nitrogen and oxygen atoms in total. The van der Waals surface area contributed by atoms with Crippen LogP contribution in [-0.4, -0.2) is 45.2 Å². The monoisotopic (exact) mass is 520 g/mol. The van der Waals surface area contributed by atoms with Crippen molar-refractivity contribution in [2.24, 2.45) is 0 Å². The van der Waals surface area contributed by atoms with Gasteiger partial charge in [0.25, 0.3) is 0 Å². The van der Waals surface area contributed by atoms with Crippen LogP contribution in [0.25, 0.3) is 0 Å². The van der Waals surface area contributed by atoms with Crippen LogP contribution in [0.4, 0.5) is 5.69 Å². The highest BCUT2D eigenvalue weighted by molar-refractivity contribution is 7.99. The van der Waals surface area contributed by atoms with E-state index in [-0.39, 0.29) is 11.5 Å². The largest absolute Gasteiger partial charge is 0.478 e. The molecule has 0 bridgehead atoms. The molecule has 4 rings (SSSR count). The van der Waals surface area contributed by atoms with E-state index in [1.165, 1.54) is 0 Å². The number of likely N-dealkylation sites (tertiary alicyclic amines) is 1. The second-order valence-corrected chi connectivity index (χ2v) is 10.2. The average molecular weight is 521 g/mol. The molecule has 2 N–H and O–H groups in total. The number of hydrogen-bond donors (Lipinski definition) is 2. The van der Waals surface area contributed by atoms with Crippen molar-refractivity contribution in [1.29, 1.82) is 0 Å². The Balaban J connectivity index is 1.27. The molecule has 8 heteroatoms. The fraction of sp³-hybridized carbons (Fsp3) is 0.250. The van der Waals surface area contributed by atoms with Gasteiger partial charge in [0.05, 0.1) is 16.2 Å². The normalized spacial score (nSPS) is 14.9. The van der Waals surface area contributed by atoms with Crippen molar-refractivity contribution in [2.45, 2.75) is 37.1 Å². The summed E-state index contributed by atoms with van der Waals surface area (Å²) >= 11 is 7.20. The summed E-state index contributed by atoms with van der Waals surface area (Å²) in [6.45, 7) is 2.52. The maximum absolute atomic E-state index is 11.7. The van der Waals surface area contributed by atoms with Gasteiger partial charge in [-0.05, 0) is 66.9 Å². The Kier molecular flexibility index (Phi) is 8.61. The molecule has 0 spiro atoms. The van der Waals surface area contributed by atoms with Crippen LogP contribution in [0.1, 0.15) is 35.7 Å². The van der Waals surface area contributed by atoms with Crippen molar-refractivity contribution in [3.05, 3.63) is 83.9 Å². The smallest absolute Gasteiger partial charge is 0.337 e. The number of carboxylic acid groups (broad SMARTS) is 1. The fourth-order valence-corrected chi connectivity index (χ4v) is 5.53. The molecule has 1 fully saturated rings. The number of nitrogens with one attached hydrogen (secondary N) is 1. The molecular formula is C28H28N2O4S2. The van der Waals surface area contributed by atoms with E-state index in [0.717, 1.165) is 47.1 Å². The minimum Gasteiger partial charge on any atom is -0.478 e. The first-order chi connectivity index (χ1) is 17.4.